The van der Waals surface area contributed by atoms with Crippen molar-refractivity contribution in [1.82, 2.24) is 0 Å². The summed E-state index contributed by atoms with van der Waals surface area (Å²) in [6.07, 6.45) is 0.598. The van der Waals surface area contributed by atoms with Crippen LogP contribution in [-0.4, -0.2) is 16.2 Å². The zero-order valence-electron chi connectivity index (χ0n) is 15.9. The molecule has 0 unspecified atom stereocenters. The molecule has 1 heterocycles. The number of carboxylic acid groups (broad SMARTS) is 1. The lowest BCUT2D eigenvalue weighted by molar-refractivity contribution is -0.136. The number of aliphatic carboxylic acids is 1. The quantitative estimate of drug-likeness (QED) is 0.628. The summed E-state index contributed by atoms with van der Waals surface area (Å²) in [7, 11) is 0. The second-order valence-electron chi connectivity index (χ2n) is 7.10. The third-order valence-corrected chi connectivity index (χ3v) is 5.00. The molecule has 0 radical (unpaired) electrons. The van der Waals surface area contributed by atoms with Crippen LogP contribution in [0.25, 0.3) is 11.1 Å². The van der Waals surface area contributed by atoms with E-state index in [1.54, 1.807) is 0 Å². The molecule has 1 aliphatic rings. The van der Waals surface area contributed by atoms with Crippen LogP contribution in [0.3, 0.4) is 0 Å². The van der Waals surface area contributed by atoms with Gasteiger partial charge < -0.3 is 19.7 Å². The number of aryl methyl sites for hydroxylation is 1. The molecule has 0 aromatic heterocycles. The van der Waals surface area contributed by atoms with Crippen molar-refractivity contribution in [3.8, 4) is 22.6 Å². The van der Waals surface area contributed by atoms with E-state index in [1.807, 2.05) is 60.7 Å². The van der Waals surface area contributed by atoms with Crippen LogP contribution in [0.2, 0.25) is 0 Å². The topological polar surface area (TPSA) is 76.0 Å². The SMILES string of the molecule is O=C(O)CCc1ccc2c(c1)OCc1cc(OCc3cccc(CO)c3)ccc1-2. The van der Waals surface area contributed by atoms with E-state index >= 15 is 0 Å². The molecule has 4 rings (SSSR count). The maximum Gasteiger partial charge on any atom is 0.303 e. The number of carboxylic acids is 1. The van der Waals surface area contributed by atoms with Crippen LogP contribution >= 0.6 is 0 Å². The molecule has 29 heavy (non-hydrogen) atoms. The van der Waals surface area contributed by atoms with Crippen molar-refractivity contribution < 1.29 is 24.5 Å². The first-order valence-corrected chi connectivity index (χ1v) is 9.54. The van der Waals surface area contributed by atoms with Crippen molar-refractivity contribution in [3.05, 3.63) is 82.9 Å². The molecule has 148 valence electrons. The van der Waals surface area contributed by atoms with Gasteiger partial charge in [-0.25, -0.2) is 0 Å². The van der Waals surface area contributed by atoms with E-state index in [0.29, 0.717) is 19.6 Å². The number of ether oxygens (including phenoxy) is 2. The van der Waals surface area contributed by atoms with E-state index in [2.05, 4.69) is 0 Å². The lowest BCUT2D eigenvalue weighted by Crippen LogP contribution is -2.07. The summed E-state index contributed by atoms with van der Waals surface area (Å²) in [5.41, 5.74) is 5.99. The van der Waals surface area contributed by atoms with E-state index in [-0.39, 0.29) is 13.0 Å². The second-order valence-corrected chi connectivity index (χ2v) is 7.10. The number of hydrogen-bond donors (Lipinski definition) is 2. The molecule has 0 fully saturated rings. The summed E-state index contributed by atoms with van der Waals surface area (Å²) < 4.78 is 11.8. The molecule has 5 heteroatoms. The zero-order valence-corrected chi connectivity index (χ0v) is 15.9. The fourth-order valence-electron chi connectivity index (χ4n) is 3.50. The van der Waals surface area contributed by atoms with Gasteiger partial charge in [0, 0.05) is 17.5 Å². The van der Waals surface area contributed by atoms with Crippen molar-refractivity contribution in [3.63, 3.8) is 0 Å². The van der Waals surface area contributed by atoms with Crippen LogP contribution < -0.4 is 9.47 Å². The molecule has 0 spiro atoms. The summed E-state index contributed by atoms with van der Waals surface area (Å²) in [6, 6.07) is 19.5. The Morgan fingerprint density at radius 2 is 1.79 bits per heavy atom. The molecule has 5 nitrogen and oxygen atoms in total. The summed E-state index contributed by atoms with van der Waals surface area (Å²) in [5, 5.41) is 18.1. The van der Waals surface area contributed by atoms with Crippen molar-refractivity contribution in [2.24, 2.45) is 0 Å². The molecule has 0 atom stereocenters. The van der Waals surface area contributed by atoms with Crippen LogP contribution in [0.5, 0.6) is 11.5 Å². The number of aliphatic hydroxyl groups excluding tert-OH is 1. The molecular weight excluding hydrogens is 368 g/mol. The van der Waals surface area contributed by atoms with Crippen LogP contribution in [0.1, 0.15) is 28.7 Å². The molecule has 2 N–H and O–H groups in total. The molecule has 1 aliphatic heterocycles. The van der Waals surface area contributed by atoms with E-state index in [0.717, 1.165) is 44.9 Å². The van der Waals surface area contributed by atoms with E-state index in [9.17, 15) is 9.90 Å². The Kier molecular flexibility index (Phi) is 5.49. The molecule has 3 aromatic carbocycles. The standard InChI is InChI=1S/C24H22O5/c25-13-17-2-1-3-18(10-17)14-28-20-6-8-21-19(12-20)15-29-23-11-16(4-7-22(21)23)5-9-24(26)27/h1-4,6-8,10-12,25H,5,9,13-15H2,(H,26,27). The number of carbonyl (C=O) groups is 1. The Morgan fingerprint density at radius 3 is 2.62 bits per heavy atom. The largest absolute Gasteiger partial charge is 0.489 e. The molecule has 3 aromatic rings. The predicted octanol–water partition coefficient (Wildman–Crippen LogP) is 4.33. The normalized spacial score (nSPS) is 11.9. The van der Waals surface area contributed by atoms with Crippen LogP contribution in [-0.2, 0) is 31.0 Å². The van der Waals surface area contributed by atoms with Gasteiger partial charge in [0.05, 0.1) is 6.61 Å². The first-order valence-electron chi connectivity index (χ1n) is 9.54. The van der Waals surface area contributed by atoms with Gasteiger partial charge in [-0.15, -0.1) is 0 Å². The predicted molar refractivity (Wildman–Crippen MR) is 109 cm³/mol. The van der Waals surface area contributed by atoms with Gasteiger partial charge in [0.15, 0.2) is 0 Å². The van der Waals surface area contributed by atoms with E-state index in [4.69, 9.17) is 14.6 Å². The highest BCUT2D eigenvalue weighted by Crippen LogP contribution is 2.39. The molecule has 0 amide bonds. The highest BCUT2D eigenvalue weighted by molar-refractivity contribution is 5.76. The van der Waals surface area contributed by atoms with Crippen LogP contribution in [0.4, 0.5) is 0 Å². The van der Waals surface area contributed by atoms with Crippen molar-refractivity contribution in [1.29, 1.82) is 0 Å². The molecular formula is C24H22O5. The molecule has 0 aliphatic carbocycles. The highest BCUT2D eigenvalue weighted by atomic mass is 16.5. The minimum Gasteiger partial charge on any atom is -0.489 e. The molecule has 0 saturated carbocycles. The third-order valence-electron chi connectivity index (χ3n) is 5.00. The Hall–Kier alpha value is -3.31. The molecule has 0 saturated heterocycles. The third kappa shape index (κ3) is 4.41. The fourth-order valence-corrected chi connectivity index (χ4v) is 3.50. The molecule has 0 bridgehead atoms. The monoisotopic (exact) mass is 390 g/mol. The fraction of sp³-hybridized carbons (Fsp3) is 0.208. The maximum absolute atomic E-state index is 10.8. The lowest BCUT2D eigenvalue weighted by atomic mass is 9.95. The van der Waals surface area contributed by atoms with Crippen molar-refractivity contribution >= 4 is 5.97 Å². The maximum atomic E-state index is 10.8. The minimum absolute atomic E-state index is 0.0153. The van der Waals surface area contributed by atoms with Gasteiger partial charge in [-0.3, -0.25) is 4.79 Å². The van der Waals surface area contributed by atoms with Crippen LogP contribution in [0, 0.1) is 0 Å². The van der Waals surface area contributed by atoms with Crippen molar-refractivity contribution in [2.75, 3.05) is 0 Å². The number of rotatable bonds is 7. The smallest absolute Gasteiger partial charge is 0.303 e. The van der Waals surface area contributed by atoms with Gasteiger partial charge in [-0.05, 0) is 46.9 Å². The Balaban J connectivity index is 1.49. The van der Waals surface area contributed by atoms with E-state index < -0.39 is 5.97 Å². The first-order chi connectivity index (χ1) is 14.1. The Labute approximate surface area is 169 Å². The van der Waals surface area contributed by atoms with Gasteiger partial charge in [0.25, 0.3) is 0 Å². The van der Waals surface area contributed by atoms with E-state index in [1.165, 1.54) is 0 Å². The Bertz CT molecular complexity index is 1040. The number of aliphatic hydroxyl groups is 1. The summed E-state index contributed by atoms with van der Waals surface area (Å²) in [4.78, 5) is 10.8. The van der Waals surface area contributed by atoms with Gasteiger partial charge in [-0.1, -0.05) is 42.5 Å². The van der Waals surface area contributed by atoms with Gasteiger partial charge in [0.1, 0.15) is 24.7 Å². The lowest BCUT2D eigenvalue weighted by Gasteiger charge is -2.22. The van der Waals surface area contributed by atoms with Crippen LogP contribution in [0.15, 0.2) is 60.7 Å². The second kappa shape index (κ2) is 8.37. The average molecular weight is 390 g/mol. The summed E-state index contributed by atoms with van der Waals surface area (Å²) >= 11 is 0. The Morgan fingerprint density at radius 1 is 0.966 bits per heavy atom. The zero-order chi connectivity index (χ0) is 20.2. The first kappa shape index (κ1) is 19.0. The van der Waals surface area contributed by atoms with Gasteiger partial charge >= 0.3 is 5.97 Å². The average Bonchev–Trinajstić information content (AvgIpc) is 2.75. The number of fused-ring (bicyclic) bond motifs is 3. The van der Waals surface area contributed by atoms with Crippen molar-refractivity contribution in [2.45, 2.75) is 32.7 Å². The summed E-state index contributed by atoms with van der Waals surface area (Å²) in [5.74, 6) is 0.753. The summed E-state index contributed by atoms with van der Waals surface area (Å²) in [6.45, 7) is 0.889. The minimum atomic E-state index is -0.801. The van der Waals surface area contributed by atoms with Gasteiger partial charge in [-0.2, -0.15) is 0 Å². The van der Waals surface area contributed by atoms with Gasteiger partial charge in [0.2, 0.25) is 0 Å². The highest BCUT2D eigenvalue weighted by Gasteiger charge is 2.18. The number of hydrogen-bond acceptors (Lipinski definition) is 4. The number of benzene rings is 3.